The molecule has 1 saturated heterocycles. The van der Waals surface area contributed by atoms with Gasteiger partial charge in [0, 0.05) is 18.6 Å². The van der Waals surface area contributed by atoms with Crippen molar-refractivity contribution in [1.82, 2.24) is 10.2 Å². The SMILES string of the molecule is CC1CC(NCc2cc(F)c(O)c(F)c2)CCN1C. The number of phenols is 1. The second-order valence-corrected chi connectivity index (χ2v) is 5.34. The minimum Gasteiger partial charge on any atom is -0.503 e. The molecule has 1 aliphatic rings. The average molecular weight is 270 g/mol. The van der Waals surface area contributed by atoms with Crippen LogP contribution < -0.4 is 5.32 Å². The maximum absolute atomic E-state index is 13.2. The number of aromatic hydroxyl groups is 1. The number of phenolic OH excluding ortho intramolecular Hbond substituents is 1. The van der Waals surface area contributed by atoms with E-state index in [0.717, 1.165) is 19.4 Å². The van der Waals surface area contributed by atoms with Gasteiger partial charge in [0.25, 0.3) is 0 Å². The van der Waals surface area contributed by atoms with E-state index < -0.39 is 17.4 Å². The molecule has 0 bridgehead atoms. The molecule has 1 heterocycles. The largest absolute Gasteiger partial charge is 0.503 e. The van der Waals surface area contributed by atoms with Crippen molar-refractivity contribution in [2.75, 3.05) is 13.6 Å². The molecule has 0 amide bonds. The third-order valence-electron chi connectivity index (χ3n) is 3.88. The normalized spacial score (nSPS) is 24.6. The summed E-state index contributed by atoms with van der Waals surface area (Å²) >= 11 is 0. The first-order valence-electron chi connectivity index (χ1n) is 6.58. The molecule has 1 aromatic rings. The summed E-state index contributed by atoms with van der Waals surface area (Å²) in [7, 11) is 2.10. The van der Waals surface area contributed by atoms with Crippen molar-refractivity contribution < 1.29 is 13.9 Å². The fraction of sp³-hybridized carbons (Fsp3) is 0.571. The number of hydrogen-bond donors (Lipinski definition) is 2. The summed E-state index contributed by atoms with van der Waals surface area (Å²) in [4.78, 5) is 2.30. The molecular weight excluding hydrogens is 250 g/mol. The maximum atomic E-state index is 13.2. The summed E-state index contributed by atoms with van der Waals surface area (Å²) in [6.07, 6.45) is 2.06. The third-order valence-corrected chi connectivity index (χ3v) is 3.88. The van der Waals surface area contributed by atoms with Crippen molar-refractivity contribution in [3.05, 3.63) is 29.3 Å². The number of benzene rings is 1. The standard InChI is InChI=1S/C14H20F2N2O/c1-9-5-11(3-4-18(9)2)17-8-10-6-12(15)14(19)13(16)7-10/h6-7,9,11,17,19H,3-5,8H2,1-2H3. The van der Waals surface area contributed by atoms with Gasteiger partial charge in [-0.1, -0.05) is 0 Å². The van der Waals surface area contributed by atoms with E-state index in [1.807, 2.05) is 0 Å². The van der Waals surface area contributed by atoms with Gasteiger partial charge in [0.05, 0.1) is 0 Å². The van der Waals surface area contributed by atoms with E-state index in [4.69, 9.17) is 5.11 Å². The van der Waals surface area contributed by atoms with Crippen LogP contribution in [0.15, 0.2) is 12.1 Å². The fourth-order valence-corrected chi connectivity index (χ4v) is 2.46. The Balaban J connectivity index is 1.92. The van der Waals surface area contributed by atoms with E-state index in [9.17, 15) is 8.78 Å². The summed E-state index contributed by atoms with van der Waals surface area (Å²) < 4.78 is 26.4. The minimum atomic E-state index is -0.909. The second-order valence-electron chi connectivity index (χ2n) is 5.34. The van der Waals surface area contributed by atoms with E-state index in [2.05, 4.69) is 24.2 Å². The average Bonchev–Trinajstić information content (AvgIpc) is 2.37. The summed E-state index contributed by atoms with van der Waals surface area (Å²) in [5.41, 5.74) is 0.513. The maximum Gasteiger partial charge on any atom is 0.187 e. The van der Waals surface area contributed by atoms with Crippen LogP contribution >= 0.6 is 0 Å². The zero-order valence-corrected chi connectivity index (χ0v) is 11.3. The summed E-state index contributed by atoms with van der Waals surface area (Å²) in [5.74, 6) is -2.72. The molecule has 0 spiro atoms. The van der Waals surface area contributed by atoms with Crippen LogP contribution in [0.5, 0.6) is 5.75 Å². The summed E-state index contributed by atoms with van der Waals surface area (Å²) in [5, 5.41) is 12.4. The molecule has 0 aromatic heterocycles. The Kier molecular flexibility index (Phi) is 4.37. The van der Waals surface area contributed by atoms with Crippen LogP contribution in [-0.4, -0.2) is 35.7 Å². The molecule has 1 fully saturated rings. The molecule has 2 N–H and O–H groups in total. The Morgan fingerprint density at radius 3 is 2.58 bits per heavy atom. The van der Waals surface area contributed by atoms with E-state index in [0.29, 0.717) is 24.2 Å². The molecule has 2 unspecified atom stereocenters. The van der Waals surface area contributed by atoms with Crippen LogP contribution in [0.2, 0.25) is 0 Å². The van der Waals surface area contributed by atoms with Gasteiger partial charge < -0.3 is 15.3 Å². The lowest BCUT2D eigenvalue weighted by molar-refractivity contribution is 0.168. The lowest BCUT2D eigenvalue weighted by Gasteiger charge is -2.35. The number of halogens is 2. The Morgan fingerprint density at radius 2 is 2.00 bits per heavy atom. The summed E-state index contributed by atoms with van der Waals surface area (Å²) in [6, 6.07) is 3.22. The van der Waals surface area contributed by atoms with Crippen molar-refractivity contribution in [1.29, 1.82) is 0 Å². The van der Waals surface area contributed by atoms with Gasteiger partial charge in [-0.15, -0.1) is 0 Å². The molecule has 0 aliphatic carbocycles. The first-order chi connectivity index (χ1) is 8.97. The molecule has 0 saturated carbocycles. The highest BCUT2D eigenvalue weighted by Gasteiger charge is 2.22. The van der Waals surface area contributed by atoms with E-state index >= 15 is 0 Å². The second kappa shape index (κ2) is 5.84. The van der Waals surface area contributed by atoms with Crippen molar-refractivity contribution in [3.63, 3.8) is 0 Å². The molecule has 2 rings (SSSR count). The molecule has 106 valence electrons. The molecular formula is C14H20F2N2O. The van der Waals surface area contributed by atoms with E-state index in [1.165, 1.54) is 12.1 Å². The molecule has 2 atom stereocenters. The number of rotatable bonds is 3. The van der Waals surface area contributed by atoms with Gasteiger partial charge in [-0.25, -0.2) is 8.78 Å². The van der Waals surface area contributed by atoms with Gasteiger partial charge in [0.1, 0.15) is 0 Å². The number of nitrogens with zero attached hydrogens (tertiary/aromatic N) is 1. The molecule has 19 heavy (non-hydrogen) atoms. The van der Waals surface area contributed by atoms with Crippen LogP contribution in [0.3, 0.4) is 0 Å². The molecule has 3 nitrogen and oxygen atoms in total. The fourth-order valence-electron chi connectivity index (χ4n) is 2.46. The summed E-state index contributed by atoms with van der Waals surface area (Å²) in [6.45, 7) is 3.61. The molecule has 1 aliphatic heterocycles. The first-order valence-corrected chi connectivity index (χ1v) is 6.58. The quantitative estimate of drug-likeness (QED) is 0.884. The van der Waals surface area contributed by atoms with Gasteiger partial charge in [0.2, 0.25) is 0 Å². The van der Waals surface area contributed by atoms with E-state index in [1.54, 1.807) is 0 Å². The predicted molar refractivity (Wildman–Crippen MR) is 70.0 cm³/mol. The van der Waals surface area contributed by atoms with Crippen LogP contribution in [0.1, 0.15) is 25.3 Å². The van der Waals surface area contributed by atoms with Gasteiger partial charge >= 0.3 is 0 Å². The Labute approximate surface area is 112 Å². The van der Waals surface area contributed by atoms with Gasteiger partial charge in [-0.3, -0.25) is 0 Å². The van der Waals surface area contributed by atoms with Crippen LogP contribution in [0.4, 0.5) is 8.78 Å². The van der Waals surface area contributed by atoms with Crippen molar-refractivity contribution in [3.8, 4) is 5.75 Å². The van der Waals surface area contributed by atoms with Crippen molar-refractivity contribution >= 4 is 0 Å². The van der Waals surface area contributed by atoms with Gasteiger partial charge in [-0.05, 0) is 51.1 Å². The van der Waals surface area contributed by atoms with Crippen LogP contribution in [0, 0.1) is 11.6 Å². The molecule has 0 radical (unpaired) electrons. The van der Waals surface area contributed by atoms with E-state index in [-0.39, 0.29) is 0 Å². The number of likely N-dealkylation sites (tertiary alicyclic amines) is 1. The zero-order chi connectivity index (χ0) is 14.0. The van der Waals surface area contributed by atoms with Crippen LogP contribution in [0.25, 0.3) is 0 Å². The predicted octanol–water partition coefficient (Wildman–Crippen LogP) is 2.24. The Morgan fingerprint density at radius 1 is 1.37 bits per heavy atom. The van der Waals surface area contributed by atoms with Crippen molar-refractivity contribution in [2.24, 2.45) is 0 Å². The van der Waals surface area contributed by atoms with Gasteiger partial charge in [-0.2, -0.15) is 0 Å². The number of hydrogen-bond acceptors (Lipinski definition) is 3. The monoisotopic (exact) mass is 270 g/mol. The third kappa shape index (κ3) is 3.42. The Hall–Kier alpha value is -1.20. The first kappa shape index (κ1) is 14.2. The highest BCUT2D eigenvalue weighted by atomic mass is 19.1. The zero-order valence-electron chi connectivity index (χ0n) is 11.3. The number of piperidine rings is 1. The minimum absolute atomic E-state index is 0.367. The lowest BCUT2D eigenvalue weighted by atomic mass is 9.98. The van der Waals surface area contributed by atoms with Gasteiger partial charge in [0.15, 0.2) is 17.4 Å². The molecule has 1 aromatic carbocycles. The van der Waals surface area contributed by atoms with Crippen LogP contribution in [-0.2, 0) is 6.54 Å². The number of nitrogens with one attached hydrogen (secondary N) is 1. The Bertz CT molecular complexity index is 430. The highest BCUT2D eigenvalue weighted by Crippen LogP contribution is 2.22. The van der Waals surface area contributed by atoms with Crippen molar-refractivity contribution in [2.45, 2.75) is 38.4 Å². The lowest BCUT2D eigenvalue weighted by Crippen LogP contribution is -2.45. The molecule has 5 heteroatoms. The highest BCUT2D eigenvalue weighted by molar-refractivity contribution is 5.29. The smallest absolute Gasteiger partial charge is 0.187 e. The topological polar surface area (TPSA) is 35.5 Å².